The molecule has 0 aliphatic heterocycles. The molecule has 1 aliphatic rings. The molecular weight excluding hydrogens is 216 g/mol. The summed E-state index contributed by atoms with van der Waals surface area (Å²) in [6.07, 6.45) is 4.09. The number of hydrogen-bond acceptors (Lipinski definition) is 2. The first-order chi connectivity index (χ1) is 8.19. The lowest BCUT2D eigenvalue weighted by atomic mass is 10.0. The summed E-state index contributed by atoms with van der Waals surface area (Å²) >= 11 is 0. The van der Waals surface area contributed by atoms with E-state index in [1.807, 2.05) is 30.6 Å². The van der Waals surface area contributed by atoms with Crippen molar-refractivity contribution in [2.45, 2.75) is 25.8 Å². The van der Waals surface area contributed by atoms with E-state index in [4.69, 9.17) is 5.11 Å². The molecule has 1 N–H and O–H groups in total. The van der Waals surface area contributed by atoms with Crippen molar-refractivity contribution in [3.8, 4) is 0 Å². The number of hydrogen-bond donors (Lipinski definition) is 1. The van der Waals surface area contributed by atoms with Crippen LogP contribution in [0.15, 0.2) is 30.6 Å². The van der Waals surface area contributed by atoms with E-state index in [2.05, 4.69) is 9.55 Å². The van der Waals surface area contributed by atoms with Crippen LogP contribution in [0.3, 0.4) is 0 Å². The zero-order chi connectivity index (χ0) is 11.9. The van der Waals surface area contributed by atoms with Crippen LogP contribution >= 0.6 is 0 Å². The van der Waals surface area contributed by atoms with Crippen molar-refractivity contribution in [3.05, 3.63) is 30.6 Å². The highest BCUT2D eigenvalue weighted by Crippen LogP contribution is 2.50. The van der Waals surface area contributed by atoms with Gasteiger partial charge in [-0.1, -0.05) is 12.1 Å². The van der Waals surface area contributed by atoms with Gasteiger partial charge in [0.1, 0.15) is 0 Å². The SMILES string of the molecule is O=C(O)CC1(Cn2cnc3ccccc32)CC1. The highest BCUT2D eigenvalue weighted by Gasteiger charge is 2.44. The molecule has 1 fully saturated rings. The number of carboxylic acids is 1. The summed E-state index contributed by atoms with van der Waals surface area (Å²) in [5.41, 5.74) is 2.03. The minimum absolute atomic E-state index is 0.0324. The average molecular weight is 230 g/mol. The summed E-state index contributed by atoms with van der Waals surface area (Å²) in [7, 11) is 0. The predicted octanol–water partition coefficient (Wildman–Crippen LogP) is 2.29. The molecule has 0 saturated heterocycles. The summed E-state index contributed by atoms with van der Waals surface area (Å²) in [5.74, 6) is -0.702. The lowest BCUT2D eigenvalue weighted by Gasteiger charge is -2.13. The number of benzene rings is 1. The first-order valence-corrected chi connectivity index (χ1v) is 5.80. The van der Waals surface area contributed by atoms with Gasteiger partial charge in [-0.2, -0.15) is 0 Å². The molecule has 1 aliphatic carbocycles. The maximum Gasteiger partial charge on any atom is 0.303 e. The van der Waals surface area contributed by atoms with Crippen LogP contribution < -0.4 is 0 Å². The van der Waals surface area contributed by atoms with Crippen LogP contribution in [0, 0.1) is 5.41 Å². The van der Waals surface area contributed by atoms with E-state index in [0.717, 1.165) is 30.4 Å². The molecule has 3 rings (SSSR count). The van der Waals surface area contributed by atoms with Gasteiger partial charge in [-0.15, -0.1) is 0 Å². The Morgan fingerprint density at radius 1 is 1.41 bits per heavy atom. The Kier molecular flexibility index (Phi) is 2.18. The highest BCUT2D eigenvalue weighted by atomic mass is 16.4. The molecule has 1 aromatic carbocycles. The third-order valence-electron chi connectivity index (χ3n) is 3.52. The fourth-order valence-electron chi connectivity index (χ4n) is 2.39. The van der Waals surface area contributed by atoms with Crippen molar-refractivity contribution in [2.24, 2.45) is 5.41 Å². The number of fused-ring (bicyclic) bond motifs is 1. The van der Waals surface area contributed by atoms with E-state index in [1.54, 1.807) is 0 Å². The maximum atomic E-state index is 10.8. The van der Waals surface area contributed by atoms with Crippen LogP contribution in [0.2, 0.25) is 0 Å². The van der Waals surface area contributed by atoms with E-state index in [1.165, 1.54) is 0 Å². The van der Waals surface area contributed by atoms with E-state index < -0.39 is 5.97 Å². The summed E-state index contributed by atoms with van der Waals surface area (Å²) in [5, 5.41) is 8.91. The Hall–Kier alpha value is -1.84. The third-order valence-corrected chi connectivity index (χ3v) is 3.52. The molecule has 1 aromatic heterocycles. The Morgan fingerprint density at radius 2 is 2.18 bits per heavy atom. The quantitative estimate of drug-likeness (QED) is 0.876. The molecular formula is C13H14N2O2. The Morgan fingerprint density at radius 3 is 2.88 bits per heavy atom. The minimum atomic E-state index is -0.702. The Bertz CT molecular complexity index is 570. The fourth-order valence-corrected chi connectivity index (χ4v) is 2.39. The van der Waals surface area contributed by atoms with Crippen LogP contribution in [-0.2, 0) is 11.3 Å². The van der Waals surface area contributed by atoms with Gasteiger partial charge in [0.2, 0.25) is 0 Å². The number of carbonyl (C=O) groups is 1. The second-order valence-electron chi connectivity index (χ2n) is 4.93. The molecule has 0 spiro atoms. The molecule has 88 valence electrons. The highest BCUT2D eigenvalue weighted by molar-refractivity contribution is 5.75. The summed E-state index contributed by atoms with van der Waals surface area (Å²) in [4.78, 5) is 15.1. The average Bonchev–Trinajstić information content (AvgIpc) is 2.91. The van der Waals surface area contributed by atoms with Crippen LogP contribution in [-0.4, -0.2) is 20.6 Å². The first-order valence-electron chi connectivity index (χ1n) is 5.80. The molecule has 1 saturated carbocycles. The van der Waals surface area contributed by atoms with Gasteiger partial charge >= 0.3 is 5.97 Å². The van der Waals surface area contributed by atoms with Gasteiger partial charge in [0.25, 0.3) is 0 Å². The molecule has 2 aromatic rings. The number of aromatic nitrogens is 2. The fraction of sp³-hybridized carbons (Fsp3) is 0.385. The van der Waals surface area contributed by atoms with Crippen molar-refractivity contribution in [3.63, 3.8) is 0 Å². The van der Waals surface area contributed by atoms with Crippen LogP contribution in [0.25, 0.3) is 11.0 Å². The van der Waals surface area contributed by atoms with Crippen molar-refractivity contribution >= 4 is 17.0 Å². The molecule has 0 radical (unpaired) electrons. The molecule has 0 unspecified atom stereocenters. The molecule has 1 heterocycles. The number of nitrogens with zero attached hydrogens (tertiary/aromatic N) is 2. The largest absolute Gasteiger partial charge is 0.481 e. The maximum absolute atomic E-state index is 10.8. The van der Waals surface area contributed by atoms with Crippen LogP contribution in [0.1, 0.15) is 19.3 Å². The molecule has 0 amide bonds. The summed E-state index contributed by atoms with van der Waals surface area (Å²) in [6, 6.07) is 7.95. The van der Waals surface area contributed by atoms with Gasteiger partial charge in [-0.25, -0.2) is 4.98 Å². The number of carboxylic acid groups (broad SMARTS) is 1. The number of imidazole rings is 1. The van der Waals surface area contributed by atoms with E-state index >= 15 is 0 Å². The lowest BCUT2D eigenvalue weighted by Crippen LogP contribution is -2.15. The van der Waals surface area contributed by atoms with Gasteiger partial charge in [0.05, 0.1) is 23.8 Å². The van der Waals surface area contributed by atoms with Crippen LogP contribution in [0.5, 0.6) is 0 Å². The monoisotopic (exact) mass is 230 g/mol. The smallest absolute Gasteiger partial charge is 0.303 e. The molecule has 17 heavy (non-hydrogen) atoms. The third kappa shape index (κ3) is 1.90. The van der Waals surface area contributed by atoms with Gasteiger partial charge in [-0.3, -0.25) is 4.79 Å². The topological polar surface area (TPSA) is 55.1 Å². The second-order valence-corrected chi connectivity index (χ2v) is 4.93. The molecule has 4 nitrogen and oxygen atoms in total. The Labute approximate surface area is 98.9 Å². The minimum Gasteiger partial charge on any atom is -0.481 e. The molecule has 0 atom stereocenters. The molecule has 4 heteroatoms. The first kappa shape index (κ1) is 10.3. The van der Waals surface area contributed by atoms with Crippen molar-refractivity contribution < 1.29 is 9.90 Å². The van der Waals surface area contributed by atoms with Gasteiger partial charge < -0.3 is 9.67 Å². The predicted molar refractivity (Wildman–Crippen MR) is 63.7 cm³/mol. The van der Waals surface area contributed by atoms with Crippen molar-refractivity contribution in [1.82, 2.24) is 9.55 Å². The molecule has 0 bridgehead atoms. The number of aliphatic carboxylic acids is 1. The summed E-state index contributed by atoms with van der Waals surface area (Å²) in [6.45, 7) is 0.764. The standard InChI is InChI=1S/C13H14N2O2/c16-12(17)7-13(5-6-13)8-15-9-14-10-3-1-2-4-11(10)15/h1-4,9H,5-8H2,(H,16,17). The zero-order valence-corrected chi connectivity index (χ0v) is 9.47. The van der Waals surface area contributed by atoms with E-state index in [-0.39, 0.29) is 11.8 Å². The summed E-state index contributed by atoms with van der Waals surface area (Å²) < 4.78 is 2.07. The Balaban J connectivity index is 1.88. The van der Waals surface area contributed by atoms with Crippen molar-refractivity contribution in [1.29, 1.82) is 0 Å². The van der Waals surface area contributed by atoms with E-state index in [0.29, 0.717) is 0 Å². The van der Waals surface area contributed by atoms with Crippen molar-refractivity contribution in [2.75, 3.05) is 0 Å². The van der Waals surface area contributed by atoms with Gasteiger partial charge in [0.15, 0.2) is 0 Å². The van der Waals surface area contributed by atoms with Crippen LogP contribution in [0.4, 0.5) is 0 Å². The zero-order valence-electron chi connectivity index (χ0n) is 9.47. The van der Waals surface area contributed by atoms with Gasteiger partial charge in [-0.05, 0) is 30.4 Å². The van der Waals surface area contributed by atoms with Gasteiger partial charge in [0, 0.05) is 6.54 Å². The second kappa shape index (κ2) is 3.58. The van der Waals surface area contributed by atoms with E-state index in [9.17, 15) is 4.79 Å². The number of para-hydroxylation sites is 2. The normalized spacial score (nSPS) is 17.2. The number of rotatable bonds is 4. The lowest BCUT2D eigenvalue weighted by molar-refractivity contribution is -0.138.